The van der Waals surface area contributed by atoms with Gasteiger partial charge in [0.1, 0.15) is 22.6 Å². The van der Waals surface area contributed by atoms with E-state index in [1.165, 1.54) is 37.0 Å². The molecule has 1 amide bonds. The van der Waals surface area contributed by atoms with Crippen LogP contribution in [-0.2, 0) is 10.2 Å². The molecule has 2 aliphatic carbocycles. The molecule has 2 N–H and O–H groups in total. The highest BCUT2D eigenvalue weighted by Crippen LogP contribution is 2.47. The molecule has 0 bridgehead atoms. The highest BCUT2D eigenvalue weighted by molar-refractivity contribution is 7.17. The quantitative estimate of drug-likeness (QED) is 0.626. The molecule has 5 nitrogen and oxygen atoms in total. The van der Waals surface area contributed by atoms with E-state index in [4.69, 9.17) is 4.42 Å². The van der Waals surface area contributed by atoms with Crippen LogP contribution in [0.25, 0.3) is 12.2 Å². The van der Waals surface area contributed by atoms with E-state index in [1.807, 2.05) is 25.1 Å². The highest BCUT2D eigenvalue weighted by atomic mass is 32.1. The molecule has 4 rings (SSSR count). The molecule has 6 heteroatoms. The van der Waals surface area contributed by atoms with Crippen molar-refractivity contribution in [3.8, 4) is 6.07 Å². The Morgan fingerprint density at radius 2 is 2.06 bits per heavy atom. The summed E-state index contributed by atoms with van der Waals surface area (Å²) in [4.78, 5) is 15.3. The smallest absolute Gasteiger partial charge is 0.280 e. The first-order valence-corrected chi connectivity index (χ1v) is 12.7. The lowest BCUT2D eigenvalue weighted by Crippen LogP contribution is -3.14. The summed E-state index contributed by atoms with van der Waals surface area (Å²) in [5, 5.41) is 13.7. The van der Waals surface area contributed by atoms with Crippen LogP contribution < -0.4 is 10.2 Å². The van der Waals surface area contributed by atoms with Gasteiger partial charge in [-0.1, -0.05) is 26.3 Å². The molecule has 0 saturated heterocycles. The average Bonchev–Trinajstić information content (AvgIpc) is 3.35. The third kappa shape index (κ3) is 5.31. The van der Waals surface area contributed by atoms with Gasteiger partial charge < -0.3 is 14.6 Å². The Balaban J connectivity index is 1.54. The summed E-state index contributed by atoms with van der Waals surface area (Å²) in [6.07, 6.45) is 13.2. The van der Waals surface area contributed by atoms with E-state index in [1.54, 1.807) is 11.3 Å². The molecule has 1 atom stereocenters. The summed E-state index contributed by atoms with van der Waals surface area (Å²) in [7, 11) is 2.12. The van der Waals surface area contributed by atoms with Crippen LogP contribution in [0.1, 0.15) is 79.9 Å². The van der Waals surface area contributed by atoms with Crippen LogP contribution in [0.15, 0.2) is 28.2 Å². The molecule has 0 aromatic carbocycles. The molecule has 0 spiro atoms. The van der Waals surface area contributed by atoms with Crippen LogP contribution in [-0.4, -0.2) is 25.5 Å². The number of quaternary nitrogens is 1. The van der Waals surface area contributed by atoms with Crippen molar-refractivity contribution >= 4 is 34.4 Å². The molecule has 174 valence electrons. The predicted molar refractivity (Wildman–Crippen MR) is 134 cm³/mol. The second kappa shape index (κ2) is 9.70. The number of carbonyl (C=O) groups is 1. The van der Waals surface area contributed by atoms with Crippen LogP contribution in [0.3, 0.4) is 0 Å². The summed E-state index contributed by atoms with van der Waals surface area (Å²) < 4.78 is 5.65. The van der Waals surface area contributed by atoms with Gasteiger partial charge in [-0.25, -0.2) is 0 Å². The minimum Gasteiger partial charge on any atom is -0.462 e. The summed E-state index contributed by atoms with van der Waals surface area (Å²) >= 11 is 1.55. The van der Waals surface area contributed by atoms with Crippen LogP contribution in [0.2, 0.25) is 0 Å². The fraction of sp³-hybridized carbons (Fsp3) is 0.481. The number of rotatable bonds is 6. The first-order chi connectivity index (χ1) is 15.8. The van der Waals surface area contributed by atoms with Crippen LogP contribution in [0, 0.1) is 18.3 Å². The van der Waals surface area contributed by atoms with Gasteiger partial charge in [0.25, 0.3) is 5.91 Å². The molecule has 1 saturated carbocycles. The van der Waals surface area contributed by atoms with Gasteiger partial charge in [0.05, 0.1) is 18.7 Å². The summed E-state index contributed by atoms with van der Waals surface area (Å²) in [5.41, 5.74) is 2.55. The molecule has 1 unspecified atom stereocenters. The third-order valence-corrected chi connectivity index (χ3v) is 8.35. The first kappa shape index (κ1) is 23.5. The number of amides is 1. The maximum absolute atomic E-state index is 12.9. The van der Waals surface area contributed by atoms with E-state index >= 15 is 0 Å². The number of likely N-dealkylation sites (N-methyl/N-ethyl adjacent to an activating group) is 1. The van der Waals surface area contributed by atoms with E-state index < -0.39 is 0 Å². The number of allylic oxidation sites excluding steroid dienone is 2. The number of carbonyl (C=O) groups excluding carboxylic acids is 1. The van der Waals surface area contributed by atoms with Crippen molar-refractivity contribution in [1.29, 1.82) is 5.26 Å². The lowest BCUT2D eigenvalue weighted by molar-refractivity contribution is -0.899. The number of hydrogen-bond donors (Lipinski definition) is 2. The average molecular weight is 465 g/mol. The second-order valence-corrected chi connectivity index (χ2v) is 11.1. The number of hydrogen-bond acceptors (Lipinski definition) is 4. The summed E-state index contributed by atoms with van der Waals surface area (Å²) in [6, 6.07) is 6.83. The lowest BCUT2D eigenvalue weighted by Gasteiger charge is -2.29. The van der Waals surface area contributed by atoms with Crippen molar-refractivity contribution in [2.45, 2.75) is 70.8 Å². The van der Waals surface area contributed by atoms with Crippen molar-refractivity contribution in [2.75, 3.05) is 18.9 Å². The Labute approximate surface area is 200 Å². The lowest BCUT2D eigenvalue weighted by atomic mass is 9.77. The number of furan rings is 1. The molecule has 2 aliphatic rings. The molecule has 2 heterocycles. The number of aryl methyl sites for hydroxylation is 1. The third-order valence-electron chi connectivity index (χ3n) is 6.86. The van der Waals surface area contributed by atoms with Gasteiger partial charge in [-0.05, 0) is 68.9 Å². The second-order valence-electron chi connectivity index (χ2n) is 10.1. The fourth-order valence-corrected chi connectivity index (χ4v) is 6.36. The van der Waals surface area contributed by atoms with Crippen molar-refractivity contribution < 1.29 is 14.1 Å². The van der Waals surface area contributed by atoms with Gasteiger partial charge in [0, 0.05) is 15.9 Å². The Bertz CT molecular complexity index is 1120. The van der Waals surface area contributed by atoms with Crippen LogP contribution >= 0.6 is 11.3 Å². The first-order valence-electron chi connectivity index (χ1n) is 11.9. The number of nitrogens with zero attached hydrogens (tertiary/aromatic N) is 1. The van der Waals surface area contributed by atoms with Crippen LogP contribution in [0.4, 0.5) is 5.00 Å². The number of fused-ring (bicyclic) bond motifs is 1. The van der Waals surface area contributed by atoms with E-state index in [0.717, 1.165) is 34.0 Å². The standard InChI is InChI=1S/C27H33N3O2S/c1-18-10-12-21(32-18)13-11-19-14-22-23(16-28)26(33-25(22)27(2,3)15-19)29-24(31)17-30(4)20-8-6-5-7-9-20/h10-14,20H,5-9,15,17H2,1-4H3,(H,29,31)/p+1/b13-11+. The maximum Gasteiger partial charge on any atom is 0.280 e. The molecule has 2 aromatic heterocycles. The number of thiophene rings is 1. The van der Waals surface area contributed by atoms with Gasteiger partial charge in [0.2, 0.25) is 0 Å². The molecular formula is C27H34N3O2S+. The number of nitrogens with one attached hydrogen (secondary N) is 2. The highest BCUT2D eigenvalue weighted by Gasteiger charge is 2.34. The Hall–Kier alpha value is -2.62. The van der Waals surface area contributed by atoms with Gasteiger partial charge >= 0.3 is 0 Å². The maximum atomic E-state index is 12.9. The summed E-state index contributed by atoms with van der Waals surface area (Å²) in [5.74, 6) is 1.69. The molecule has 0 radical (unpaired) electrons. The molecule has 2 aromatic rings. The van der Waals surface area contributed by atoms with Gasteiger partial charge in [0.15, 0.2) is 6.54 Å². The predicted octanol–water partition coefficient (Wildman–Crippen LogP) is 5.09. The minimum atomic E-state index is -0.119. The van der Waals surface area contributed by atoms with E-state index in [2.05, 4.69) is 44.4 Å². The van der Waals surface area contributed by atoms with Crippen molar-refractivity contribution in [3.05, 3.63) is 51.3 Å². The van der Waals surface area contributed by atoms with Crippen LogP contribution in [0.5, 0.6) is 0 Å². The van der Waals surface area contributed by atoms with Gasteiger partial charge in [-0.15, -0.1) is 11.3 Å². The van der Waals surface area contributed by atoms with E-state index in [0.29, 0.717) is 23.2 Å². The molecule has 33 heavy (non-hydrogen) atoms. The summed E-state index contributed by atoms with van der Waals surface area (Å²) in [6.45, 7) is 6.78. The SMILES string of the molecule is Cc1ccc(/C=C/C2=Cc3c(sc(NC(=O)C[NH+](C)C4CCCCC4)c3C#N)C(C)(C)C2)o1. The topological polar surface area (TPSA) is 70.5 Å². The normalized spacial score (nSPS) is 19.1. The minimum absolute atomic E-state index is 0.0109. The largest absolute Gasteiger partial charge is 0.462 e. The fourth-order valence-electron chi connectivity index (χ4n) is 5.11. The molecule has 0 aliphatic heterocycles. The van der Waals surface area contributed by atoms with E-state index in [-0.39, 0.29) is 11.3 Å². The number of nitriles is 1. The Morgan fingerprint density at radius 1 is 1.30 bits per heavy atom. The Kier molecular flexibility index (Phi) is 6.92. The van der Waals surface area contributed by atoms with Crippen molar-refractivity contribution in [3.63, 3.8) is 0 Å². The zero-order valence-electron chi connectivity index (χ0n) is 20.1. The number of anilines is 1. The van der Waals surface area contributed by atoms with E-state index in [9.17, 15) is 10.1 Å². The zero-order valence-corrected chi connectivity index (χ0v) is 20.9. The Morgan fingerprint density at radius 3 is 2.73 bits per heavy atom. The van der Waals surface area contributed by atoms with Crippen molar-refractivity contribution in [1.82, 2.24) is 0 Å². The van der Waals surface area contributed by atoms with Gasteiger partial charge in [-0.2, -0.15) is 5.26 Å². The molecular weight excluding hydrogens is 430 g/mol. The molecule has 1 fully saturated rings. The van der Waals surface area contributed by atoms with Gasteiger partial charge in [-0.3, -0.25) is 4.79 Å². The van der Waals surface area contributed by atoms with Crippen molar-refractivity contribution in [2.24, 2.45) is 0 Å². The zero-order chi connectivity index (χ0) is 23.6. The monoisotopic (exact) mass is 464 g/mol.